The Morgan fingerprint density at radius 2 is 2.04 bits per heavy atom. The minimum absolute atomic E-state index is 0.0773. The number of hydrogen-bond acceptors (Lipinski definition) is 5. The summed E-state index contributed by atoms with van der Waals surface area (Å²) >= 11 is 1.65. The molecular weight excluding hydrogens is 314 g/mol. The number of thioether (sulfide) groups is 1. The fourth-order valence-electron chi connectivity index (χ4n) is 2.46. The lowest BCUT2D eigenvalue weighted by Crippen LogP contribution is -2.13. The largest absolute Gasteiger partial charge is 0.467 e. The van der Waals surface area contributed by atoms with E-state index in [1.807, 2.05) is 0 Å². The first-order valence-electron chi connectivity index (χ1n) is 7.25. The quantitative estimate of drug-likeness (QED) is 0.473. The van der Waals surface area contributed by atoms with Gasteiger partial charge < -0.3 is 9.47 Å². The van der Waals surface area contributed by atoms with Gasteiger partial charge in [-0.1, -0.05) is 6.07 Å². The molecule has 0 N–H and O–H groups in total. The third-order valence-electron chi connectivity index (χ3n) is 3.86. The monoisotopic (exact) mass is 331 g/mol. The Balaban J connectivity index is 1.87. The minimum atomic E-state index is -0.376. The number of nitro groups is 1. The lowest BCUT2D eigenvalue weighted by molar-refractivity contribution is -0.385. The summed E-state index contributed by atoms with van der Waals surface area (Å²) in [6, 6.07) is 9.41. The van der Waals surface area contributed by atoms with Crippen molar-refractivity contribution in [3.8, 4) is 5.75 Å². The number of nitro benzene ring substituents is 1. The average Bonchev–Trinajstić information content (AvgIpc) is 2.55. The van der Waals surface area contributed by atoms with Gasteiger partial charge >= 0.3 is 0 Å². The average molecular weight is 331 g/mol. The Bertz CT molecular complexity index is 760. The second-order valence-electron chi connectivity index (χ2n) is 5.50. The molecule has 120 valence electrons. The predicted octanol–water partition coefficient (Wildman–Crippen LogP) is 4.37. The van der Waals surface area contributed by atoms with Gasteiger partial charge in [0.15, 0.2) is 6.79 Å². The Labute approximate surface area is 138 Å². The molecule has 1 aliphatic rings. The highest BCUT2D eigenvalue weighted by Gasteiger charge is 2.20. The highest BCUT2D eigenvalue weighted by Crippen LogP contribution is 2.36. The Morgan fingerprint density at radius 1 is 1.22 bits per heavy atom. The third kappa shape index (κ3) is 3.48. The van der Waals surface area contributed by atoms with Crippen molar-refractivity contribution >= 4 is 17.4 Å². The molecule has 3 rings (SSSR count). The van der Waals surface area contributed by atoms with Gasteiger partial charge in [-0.3, -0.25) is 10.1 Å². The van der Waals surface area contributed by atoms with Gasteiger partial charge in [-0.2, -0.15) is 0 Å². The summed E-state index contributed by atoms with van der Waals surface area (Å²) in [4.78, 5) is 11.9. The van der Waals surface area contributed by atoms with E-state index in [1.54, 1.807) is 17.8 Å². The van der Waals surface area contributed by atoms with Gasteiger partial charge in [-0.15, -0.1) is 11.8 Å². The van der Waals surface area contributed by atoms with Gasteiger partial charge in [-0.05, 0) is 37.1 Å². The molecule has 0 spiro atoms. The van der Waals surface area contributed by atoms with Gasteiger partial charge in [0.2, 0.25) is 0 Å². The predicted molar refractivity (Wildman–Crippen MR) is 88.9 cm³/mol. The molecule has 0 unspecified atom stereocenters. The van der Waals surface area contributed by atoms with E-state index in [0.29, 0.717) is 12.4 Å². The summed E-state index contributed by atoms with van der Waals surface area (Å²) in [5.74, 6) is 1.34. The first kappa shape index (κ1) is 15.8. The second kappa shape index (κ2) is 6.60. The van der Waals surface area contributed by atoms with Crippen LogP contribution in [0.5, 0.6) is 5.75 Å². The minimum Gasteiger partial charge on any atom is -0.467 e. The van der Waals surface area contributed by atoms with Crippen molar-refractivity contribution in [2.24, 2.45) is 0 Å². The maximum atomic E-state index is 11.1. The van der Waals surface area contributed by atoms with Crippen LogP contribution in [0.1, 0.15) is 22.3 Å². The molecule has 0 atom stereocenters. The lowest BCUT2D eigenvalue weighted by Gasteiger charge is -2.20. The number of ether oxygens (including phenoxy) is 2. The van der Waals surface area contributed by atoms with Gasteiger partial charge in [0, 0.05) is 33.9 Å². The molecule has 0 amide bonds. The van der Waals surface area contributed by atoms with Crippen LogP contribution in [0.25, 0.3) is 0 Å². The lowest BCUT2D eigenvalue weighted by atomic mass is 10.1. The normalized spacial score (nSPS) is 13.3. The van der Waals surface area contributed by atoms with E-state index >= 15 is 0 Å². The van der Waals surface area contributed by atoms with E-state index < -0.39 is 0 Å². The van der Waals surface area contributed by atoms with Crippen molar-refractivity contribution in [2.45, 2.75) is 31.1 Å². The number of aryl methyl sites for hydroxylation is 2. The molecule has 0 saturated heterocycles. The molecule has 0 aromatic heterocycles. The zero-order chi connectivity index (χ0) is 16.4. The smallest absolute Gasteiger partial charge is 0.270 e. The molecule has 6 heteroatoms. The number of non-ortho nitro benzene ring substituents is 1. The highest BCUT2D eigenvalue weighted by molar-refractivity contribution is 7.98. The van der Waals surface area contributed by atoms with Gasteiger partial charge in [0.05, 0.1) is 11.5 Å². The summed E-state index contributed by atoms with van der Waals surface area (Å²) in [5, 5.41) is 11.1. The summed E-state index contributed by atoms with van der Waals surface area (Å²) < 4.78 is 10.8. The van der Waals surface area contributed by atoms with Crippen LogP contribution in [0, 0.1) is 24.0 Å². The molecule has 2 aromatic rings. The standard InChI is InChI=1S/C17H17NO4S/c1-11-3-4-16(5-12(11)2)23-9-14-7-15(18(19)20)6-13-8-21-10-22-17(13)14/h3-7H,8-10H2,1-2H3. The SMILES string of the molecule is Cc1ccc(SCc2cc([N+](=O)[O-])cc3c2OCOC3)cc1C. The molecule has 23 heavy (non-hydrogen) atoms. The zero-order valence-electron chi connectivity index (χ0n) is 13.0. The Morgan fingerprint density at radius 3 is 2.78 bits per heavy atom. The van der Waals surface area contributed by atoms with Crippen LogP contribution in [-0.4, -0.2) is 11.7 Å². The molecule has 2 aromatic carbocycles. The van der Waals surface area contributed by atoms with E-state index in [2.05, 4.69) is 32.0 Å². The molecule has 0 fully saturated rings. The van der Waals surface area contributed by atoms with Crippen LogP contribution in [-0.2, 0) is 17.1 Å². The van der Waals surface area contributed by atoms with Gasteiger partial charge in [-0.25, -0.2) is 0 Å². The van der Waals surface area contributed by atoms with E-state index in [0.717, 1.165) is 21.8 Å². The number of rotatable bonds is 4. The van der Waals surface area contributed by atoms with E-state index in [-0.39, 0.29) is 17.4 Å². The number of hydrogen-bond donors (Lipinski definition) is 0. The molecular formula is C17H17NO4S. The zero-order valence-corrected chi connectivity index (χ0v) is 13.8. The molecule has 0 radical (unpaired) electrons. The number of nitrogens with zero attached hydrogens (tertiary/aromatic N) is 1. The fourth-order valence-corrected chi connectivity index (χ4v) is 3.42. The third-order valence-corrected chi connectivity index (χ3v) is 4.90. The Kier molecular flexibility index (Phi) is 4.54. The van der Waals surface area contributed by atoms with E-state index in [1.165, 1.54) is 17.2 Å². The topological polar surface area (TPSA) is 61.6 Å². The van der Waals surface area contributed by atoms with Crippen molar-refractivity contribution in [1.29, 1.82) is 0 Å². The molecule has 1 aliphatic heterocycles. The van der Waals surface area contributed by atoms with Gasteiger partial charge in [0.25, 0.3) is 5.69 Å². The van der Waals surface area contributed by atoms with Crippen LogP contribution in [0.4, 0.5) is 5.69 Å². The van der Waals surface area contributed by atoms with Crippen molar-refractivity contribution < 1.29 is 14.4 Å². The van der Waals surface area contributed by atoms with Crippen molar-refractivity contribution in [3.63, 3.8) is 0 Å². The molecule has 0 saturated carbocycles. The van der Waals surface area contributed by atoms with E-state index in [9.17, 15) is 10.1 Å². The number of fused-ring (bicyclic) bond motifs is 1. The maximum Gasteiger partial charge on any atom is 0.270 e. The summed E-state index contributed by atoms with van der Waals surface area (Å²) in [7, 11) is 0. The number of benzene rings is 2. The van der Waals surface area contributed by atoms with Crippen LogP contribution >= 0.6 is 11.8 Å². The molecule has 0 aliphatic carbocycles. The van der Waals surface area contributed by atoms with Crippen LogP contribution in [0.3, 0.4) is 0 Å². The molecule has 5 nitrogen and oxygen atoms in total. The molecule has 0 bridgehead atoms. The maximum absolute atomic E-state index is 11.1. The first-order valence-corrected chi connectivity index (χ1v) is 8.24. The first-order chi connectivity index (χ1) is 11.0. The van der Waals surface area contributed by atoms with Crippen LogP contribution in [0.15, 0.2) is 35.2 Å². The fraction of sp³-hybridized carbons (Fsp3) is 0.294. The summed E-state index contributed by atoms with van der Waals surface area (Å²) in [6.45, 7) is 4.69. The van der Waals surface area contributed by atoms with Crippen molar-refractivity contribution in [1.82, 2.24) is 0 Å². The summed E-state index contributed by atoms with van der Waals surface area (Å²) in [5.41, 5.74) is 4.14. The van der Waals surface area contributed by atoms with E-state index in [4.69, 9.17) is 9.47 Å². The highest BCUT2D eigenvalue weighted by atomic mass is 32.2. The Hall–Kier alpha value is -2.05. The van der Waals surface area contributed by atoms with Crippen molar-refractivity contribution in [2.75, 3.05) is 6.79 Å². The van der Waals surface area contributed by atoms with Gasteiger partial charge in [0.1, 0.15) is 5.75 Å². The van der Waals surface area contributed by atoms with Crippen LogP contribution in [0.2, 0.25) is 0 Å². The molecule has 1 heterocycles. The van der Waals surface area contributed by atoms with Crippen LogP contribution < -0.4 is 4.74 Å². The van der Waals surface area contributed by atoms with Crippen molar-refractivity contribution in [3.05, 3.63) is 62.7 Å². The summed E-state index contributed by atoms with van der Waals surface area (Å²) in [6.07, 6.45) is 0. The second-order valence-corrected chi connectivity index (χ2v) is 6.54.